The molecule has 0 bridgehead atoms. The molecule has 1 N–H and O–H groups in total. The number of ether oxygens (including phenoxy) is 1. The van der Waals surface area contributed by atoms with Crippen LogP contribution in [0.25, 0.3) is 6.08 Å². The molecule has 1 amide bonds. The molecule has 154 valence electrons. The number of aryl methyl sites for hydroxylation is 3. The van der Waals surface area contributed by atoms with Crippen molar-refractivity contribution in [2.75, 3.05) is 6.61 Å². The van der Waals surface area contributed by atoms with E-state index in [9.17, 15) is 4.79 Å². The fourth-order valence-electron chi connectivity index (χ4n) is 3.55. The third-order valence-electron chi connectivity index (χ3n) is 4.84. The van der Waals surface area contributed by atoms with Crippen LogP contribution in [0.15, 0.2) is 58.9 Å². The van der Waals surface area contributed by atoms with Crippen LogP contribution >= 0.6 is 0 Å². The van der Waals surface area contributed by atoms with Crippen LogP contribution in [0.2, 0.25) is 0 Å². The first-order valence-corrected chi connectivity index (χ1v) is 9.87. The molecule has 3 heterocycles. The summed E-state index contributed by atoms with van der Waals surface area (Å²) < 4.78 is 7.92. The Morgan fingerprint density at radius 1 is 1.20 bits per heavy atom. The third kappa shape index (κ3) is 4.05. The predicted octanol–water partition coefficient (Wildman–Crippen LogP) is 4.02. The summed E-state index contributed by atoms with van der Waals surface area (Å²) in [4.78, 5) is 21.9. The fraction of sp³-hybridized carbons (Fsp3) is 0.261. The van der Waals surface area contributed by atoms with E-state index >= 15 is 0 Å². The average Bonchev–Trinajstić information content (AvgIpc) is 3.27. The van der Waals surface area contributed by atoms with E-state index in [-0.39, 0.29) is 11.4 Å². The number of hydrogen-bond donors (Lipinski definition) is 1. The summed E-state index contributed by atoms with van der Waals surface area (Å²) in [6.07, 6.45) is 6.09. The van der Waals surface area contributed by atoms with Gasteiger partial charge in [-0.05, 0) is 68.7 Å². The number of nitrogens with zero attached hydrogens (tertiary/aromatic N) is 3. The maximum Gasteiger partial charge on any atom is 0.283 e. The van der Waals surface area contributed by atoms with E-state index in [4.69, 9.17) is 15.0 Å². The van der Waals surface area contributed by atoms with Crippen molar-refractivity contribution in [2.24, 2.45) is 4.99 Å². The Balaban J connectivity index is 1.41. The molecule has 0 spiro atoms. The maximum absolute atomic E-state index is 12.4. The fourth-order valence-corrected chi connectivity index (χ4v) is 3.55. The summed E-state index contributed by atoms with van der Waals surface area (Å²) in [6, 6.07) is 10.0. The van der Waals surface area contributed by atoms with Crippen LogP contribution in [0.1, 0.15) is 30.2 Å². The SMILES string of the molecule is CC1=CC2=NC(=O)/C(=C\c3cccn3CCCOc3cc(C)cc(C)c3)C(=N)N2O1. The zero-order valence-electron chi connectivity index (χ0n) is 17.3. The van der Waals surface area contributed by atoms with Crippen LogP contribution in [0, 0.1) is 19.3 Å². The minimum Gasteiger partial charge on any atom is -0.494 e. The minimum absolute atomic E-state index is 0.0102. The summed E-state index contributed by atoms with van der Waals surface area (Å²) in [6.45, 7) is 7.19. The molecular weight excluding hydrogens is 380 g/mol. The number of aliphatic imine (C=N–C) groups is 1. The first kappa shape index (κ1) is 19.7. The van der Waals surface area contributed by atoms with Gasteiger partial charge in [0.05, 0.1) is 12.2 Å². The minimum atomic E-state index is -0.438. The standard InChI is InChI=1S/C23H24N4O3/c1-15-10-16(2)12-19(11-15)29-9-5-8-26-7-4-6-18(26)14-20-22(24)27-21(25-23(20)28)13-17(3)30-27/h4,6-7,10-14,24H,5,8-9H2,1-3H3/b20-14-,24-22?. The topological polar surface area (TPSA) is 79.9 Å². The van der Waals surface area contributed by atoms with Gasteiger partial charge in [-0.15, -0.1) is 5.06 Å². The highest BCUT2D eigenvalue weighted by Gasteiger charge is 2.34. The predicted molar refractivity (Wildman–Crippen MR) is 115 cm³/mol. The van der Waals surface area contributed by atoms with Crippen molar-refractivity contribution in [3.8, 4) is 5.75 Å². The number of hydrogen-bond acceptors (Lipinski definition) is 4. The molecule has 30 heavy (non-hydrogen) atoms. The molecule has 0 saturated carbocycles. The van der Waals surface area contributed by atoms with Gasteiger partial charge in [0.25, 0.3) is 5.91 Å². The number of aromatic nitrogens is 1. The number of allylic oxidation sites excluding steroid dienone is 1. The molecule has 7 nitrogen and oxygen atoms in total. The molecule has 2 aliphatic rings. The summed E-state index contributed by atoms with van der Waals surface area (Å²) in [5, 5.41) is 9.60. The van der Waals surface area contributed by atoms with Gasteiger partial charge in [-0.2, -0.15) is 4.99 Å². The lowest BCUT2D eigenvalue weighted by Crippen LogP contribution is -2.38. The van der Waals surface area contributed by atoms with E-state index in [1.807, 2.05) is 35.0 Å². The Bertz CT molecular complexity index is 1090. The van der Waals surface area contributed by atoms with Crippen molar-refractivity contribution in [3.63, 3.8) is 0 Å². The molecule has 7 heteroatoms. The molecule has 4 rings (SSSR count). The second kappa shape index (κ2) is 8.02. The van der Waals surface area contributed by atoms with Gasteiger partial charge in [-0.3, -0.25) is 10.2 Å². The van der Waals surface area contributed by atoms with E-state index < -0.39 is 5.91 Å². The van der Waals surface area contributed by atoms with Crippen LogP contribution in [-0.4, -0.2) is 33.8 Å². The number of nitrogens with one attached hydrogen (secondary N) is 1. The van der Waals surface area contributed by atoms with E-state index in [0.717, 1.165) is 24.4 Å². The summed E-state index contributed by atoms with van der Waals surface area (Å²) in [5.41, 5.74) is 3.40. The van der Waals surface area contributed by atoms with Gasteiger partial charge in [0, 0.05) is 24.5 Å². The summed E-state index contributed by atoms with van der Waals surface area (Å²) in [7, 11) is 0. The number of rotatable bonds is 6. The van der Waals surface area contributed by atoms with Crippen molar-refractivity contribution in [3.05, 3.63) is 70.8 Å². The summed E-state index contributed by atoms with van der Waals surface area (Å²) in [5.74, 6) is 1.38. The molecule has 2 aromatic rings. The Hall–Kier alpha value is -3.61. The van der Waals surface area contributed by atoms with Crippen LogP contribution in [0.3, 0.4) is 0 Å². The molecule has 0 aliphatic carbocycles. The second-order valence-electron chi connectivity index (χ2n) is 7.47. The summed E-state index contributed by atoms with van der Waals surface area (Å²) >= 11 is 0. The lowest BCUT2D eigenvalue weighted by atomic mass is 10.1. The third-order valence-corrected chi connectivity index (χ3v) is 4.84. The Morgan fingerprint density at radius 3 is 2.73 bits per heavy atom. The van der Waals surface area contributed by atoms with E-state index in [2.05, 4.69) is 24.9 Å². The molecule has 0 unspecified atom stereocenters. The van der Waals surface area contributed by atoms with Crippen molar-refractivity contribution in [1.82, 2.24) is 9.63 Å². The van der Waals surface area contributed by atoms with Gasteiger partial charge in [0.15, 0.2) is 11.7 Å². The molecule has 0 fully saturated rings. The van der Waals surface area contributed by atoms with Crippen molar-refractivity contribution < 1.29 is 14.4 Å². The first-order valence-electron chi connectivity index (χ1n) is 9.87. The maximum atomic E-state index is 12.4. The molecule has 0 radical (unpaired) electrons. The lowest BCUT2D eigenvalue weighted by Gasteiger charge is -2.23. The van der Waals surface area contributed by atoms with Gasteiger partial charge in [-0.1, -0.05) is 6.07 Å². The van der Waals surface area contributed by atoms with Crippen LogP contribution in [0.4, 0.5) is 0 Å². The zero-order valence-corrected chi connectivity index (χ0v) is 17.3. The number of fused-ring (bicyclic) bond motifs is 1. The molecule has 1 aromatic heterocycles. The Morgan fingerprint density at radius 2 is 1.97 bits per heavy atom. The number of benzene rings is 1. The normalized spacial score (nSPS) is 17.0. The van der Waals surface area contributed by atoms with Crippen LogP contribution in [-0.2, 0) is 16.2 Å². The Kier molecular flexibility index (Phi) is 5.27. The van der Waals surface area contributed by atoms with Gasteiger partial charge in [-0.25, -0.2) is 0 Å². The van der Waals surface area contributed by atoms with E-state index in [1.54, 1.807) is 19.1 Å². The van der Waals surface area contributed by atoms with Crippen molar-refractivity contribution in [2.45, 2.75) is 33.7 Å². The quantitative estimate of drug-likeness (QED) is 0.582. The highest BCUT2D eigenvalue weighted by atomic mass is 16.7. The Labute approximate surface area is 175 Å². The molecular formula is C23H24N4O3. The smallest absolute Gasteiger partial charge is 0.283 e. The number of carbonyl (C=O) groups is 1. The molecule has 0 atom stereocenters. The van der Waals surface area contributed by atoms with Gasteiger partial charge < -0.3 is 14.1 Å². The van der Waals surface area contributed by atoms with Gasteiger partial charge >= 0.3 is 0 Å². The number of amides is 1. The van der Waals surface area contributed by atoms with Crippen LogP contribution in [0.5, 0.6) is 5.75 Å². The molecule has 1 aromatic carbocycles. The van der Waals surface area contributed by atoms with Crippen molar-refractivity contribution in [1.29, 1.82) is 5.41 Å². The van der Waals surface area contributed by atoms with E-state index in [1.165, 1.54) is 16.2 Å². The van der Waals surface area contributed by atoms with Gasteiger partial charge in [0.1, 0.15) is 11.5 Å². The van der Waals surface area contributed by atoms with Crippen LogP contribution < -0.4 is 4.74 Å². The highest BCUT2D eigenvalue weighted by molar-refractivity contribution is 6.32. The highest BCUT2D eigenvalue weighted by Crippen LogP contribution is 2.24. The number of hydroxylamine groups is 2. The zero-order chi connectivity index (χ0) is 21.3. The second-order valence-corrected chi connectivity index (χ2v) is 7.47. The molecule has 2 aliphatic heterocycles. The lowest BCUT2D eigenvalue weighted by molar-refractivity contribution is -0.114. The number of carbonyl (C=O) groups excluding carboxylic acids is 1. The van der Waals surface area contributed by atoms with E-state index in [0.29, 0.717) is 18.2 Å². The largest absolute Gasteiger partial charge is 0.494 e. The van der Waals surface area contributed by atoms with Crippen molar-refractivity contribution >= 4 is 23.7 Å². The number of amidine groups is 2. The molecule has 0 saturated heterocycles. The average molecular weight is 404 g/mol. The van der Waals surface area contributed by atoms with Gasteiger partial charge in [0.2, 0.25) is 0 Å². The first-order chi connectivity index (χ1) is 14.4. The monoisotopic (exact) mass is 404 g/mol.